The van der Waals surface area contributed by atoms with Crippen LogP contribution in [0.3, 0.4) is 0 Å². The van der Waals surface area contributed by atoms with Gasteiger partial charge in [-0.15, -0.1) is 11.8 Å². The van der Waals surface area contributed by atoms with Gasteiger partial charge < -0.3 is 10.1 Å². The molecule has 0 bridgehead atoms. The fourth-order valence-electron chi connectivity index (χ4n) is 1.41. The number of esters is 1. The third kappa shape index (κ3) is 6.90. The van der Waals surface area contributed by atoms with Crippen LogP contribution in [0, 0.1) is 0 Å². The van der Waals surface area contributed by atoms with Crippen molar-refractivity contribution in [2.75, 3.05) is 12.4 Å². The summed E-state index contributed by atoms with van der Waals surface area (Å²) in [5, 5.41) is 3.85. The molecule has 1 amide bonds. The minimum atomic E-state index is -0.481. The van der Waals surface area contributed by atoms with Crippen LogP contribution in [0.25, 0.3) is 0 Å². The average Bonchev–Trinajstić information content (AvgIpc) is 2.45. The standard InChI is InChI=1S/C15H19Cl2NO3S/c1-4-15(2,3)18-13(19)8-21-14(20)9-22-12-7-10(16)5-6-11(12)17/h5-7H,4,8-9H2,1-3H3,(H,18,19). The van der Waals surface area contributed by atoms with Crippen molar-refractivity contribution in [3.63, 3.8) is 0 Å². The zero-order chi connectivity index (χ0) is 16.8. The number of ether oxygens (including phenoxy) is 1. The van der Waals surface area contributed by atoms with Gasteiger partial charge in [0.25, 0.3) is 5.91 Å². The molecular formula is C15H19Cl2NO3S. The van der Waals surface area contributed by atoms with Crippen molar-refractivity contribution >= 4 is 46.8 Å². The lowest BCUT2D eigenvalue weighted by Gasteiger charge is -2.24. The first-order valence-corrected chi connectivity index (χ1v) is 8.52. The van der Waals surface area contributed by atoms with E-state index in [1.807, 2.05) is 20.8 Å². The minimum absolute atomic E-state index is 0.0600. The van der Waals surface area contributed by atoms with Crippen LogP contribution in [0.2, 0.25) is 10.0 Å². The summed E-state index contributed by atoms with van der Waals surface area (Å²) in [5.41, 5.74) is -0.313. The van der Waals surface area contributed by atoms with Crippen molar-refractivity contribution in [1.82, 2.24) is 5.32 Å². The van der Waals surface area contributed by atoms with Crippen molar-refractivity contribution in [1.29, 1.82) is 0 Å². The van der Waals surface area contributed by atoms with E-state index >= 15 is 0 Å². The smallest absolute Gasteiger partial charge is 0.316 e. The van der Waals surface area contributed by atoms with Crippen molar-refractivity contribution in [3.05, 3.63) is 28.2 Å². The van der Waals surface area contributed by atoms with Gasteiger partial charge in [0.2, 0.25) is 0 Å². The minimum Gasteiger partial charge on any atom is -0.455 e. The number of nitrogens with one attached hydrogen (secondary N) is 1. The van der Waals surface area contributed by atoms with Crippen LogP contribution in [0.1, 0.15) is 27.2 Å². The zero-order valence-electron chi connectivity index (χ0n) is 12.7. The maximum atomic E-state index is 11.7. The molecule has 22 heavy (non-hydrogen) atoms. The summed E-state index contributed by atoms with van der Waals surface area (Å²) in [6.45, 7) is 5.50. The summed E-state index contributed by atoms with van der Waals surface area (Å²) >= 11 is 13.1. The molecule has 0 aliphatic heterocycles. The Hall–Kier alpha value is -0.910. The monoisotopic (exact) mass is 363 g/mol. The fourth-order valence-corrected chi connectivity index (χ4v) is 2.71. The Bertz CT molecular complexity index is 550. The molecule has 7 heteroatoms. The van der Waals surface area contributed by atoms with Gasteiger partial charge in [-0.2, -0.15) is 0 Å². The summed E-state index contributed by atoms with van der Waals surface area (Å²) < 4.78 is 4.94. The van der Waals surface area contributed by atoms with Gasteiger partial charge in [-0.05, 0) is 38.5 Å². The molecule has 0 atom stereocenters. The van der Waals surface area contributed by atoms with Crippen LogP contribution < -0.4 is 5.32 Å². The number of rotatable bonds is 7. The molecule has 0 saturated carbocycles. The predicted octanol–water partition coefficient (Wildman–Crippen LogP) is 3.93. The highest BCUT2D eigenvalue weighted by atomic mass is 35.5. The van der Waals surface area contributed by atoms with Gasteiger partial charge in [0, 0.05) is 15.5 Å². The van der Waals surface area contributed by atoms with Gasteiger partial charge in [0.1, 0.15) is 0 Å². The fraction of sp³-hybridized carbons (Fsp3) is 0.467. The maximum Gasteiger partial charge on any atom is 0.316 e. The van der Waals surface area contributed by atoms with E-state index in [0.717, 1.165) is 6.42 Å². The summed E-state index contributed by atoms with van der Waals surface area (Å²) in [6.07, 6.45) is 0.788. The molecule has 0 aliphatic carbocycles. The van der Waals surface area contributed by atoms with Crippen LogP contribution in [-0.2, 0) is 14.3 Å². The molecule has 1 aromatic rings. The number of amides is 1. The largest absolute Gasteiger partial charge is 0.455 e. The van der Waals surface area contributed by atoms with Crippen LogP contribution in [0.4, 0.5) is 0 Å². The zero-order valence-corrected chi connectivity index (χ0v) is 15.1. The first-order valence-electron chi connectivity index (χ1n) is 6.78. The Balaban J connectivity index is 2.38. The number of carbonyl (C=O) groups is 2. The molecule has 122 valence electrons. The normalized spacial score (nSPS) is 11.1. The molecule has 0 aromatic heterocycles. The van der Waals surface area contributed by atoms with E-state index < -0.39 is 5.97 Å². The van der Waals surface area contributed by atoms with Gasteiger partial charge in [-0.1, -0.05) is 30.1 Å². The van der Waals surface area contributed by atoms with E-state index in [-0.39, 0.29) is 23.8 Å². The molecule has 0 heterocycles. The molecule has 0 unspecified atom stereocenters. The Morgan fingerprint density at radius 3 is 2.64 bits per heavy atom. The second-order valence-corrected chi connectivity index (χ2v) is 7.17. The van der Waals surface area contributed by atoms with Gasteiger partial charge in [0.05, 0.1) is 10.8 Å². The van der Waals surface area contributed by atoms with Gasteiger partial charge in [-0.3, -0.25) is 9.59 Å². The molecule has 0 radical (unpaired) electrons. The lowest BCUT2D eigenvalue weighted by atomic mass is 10.0. The lowest BCUT2D eigenvalue weighted by molar-refractivity contribution is -0.146. The molecule has 1 aromatic carbocycles. The molecular weight excluding hydrogens is 345 g/mol. The first-order chi connectivity index (χ1) is 10.2. The van der Waals surface area contributed by atoms with Crippen molar-refractivity contribution in [3.8, 4) is 0 Å². The topological polar surface area (TPSA) is 55.4 Å². The molecule has 4 nitrogen and oxygen atoms in total. The number of thioether (sulfide) groups is 1. The Labute approximate surface area is 144 Å². The van der Waals surface area contributed by atoms with Gasteiger partial charge >= 0.3 is 5.97 Å². The highest BCUT2D eigenvalue weighted by molar-refractivity contribution is 8.00. The predicted molar refractivity (Wildman–Crippen MR) is 90.7 cm³/mol. The SMILES string of the molecule is CCC(C)(C)NC(=O)COC(=O)CSc1cc(Cl)ccc1Cl. The summed E-state index contributed by atoms with van der Waals surface area (Å²) in [7, 11) is 0. The number of halogens is 2. The quantitative estimate of drug-likeness (QED) is 0.588. The highest BCUT2D eigenvalue weighted by Crippen LogP contribution is 2.29. The van der Waals surface area contributed by atoms with Gasteiger partial charge in [-0.25, -0.2) is 0 Å². The summed E-state index contributed by atoms with van der Waals surface area (Å²) in [5.74, 6) is -0.735. The second kappa shape index (κ2) is 8.65. The molecule has 0 fully saturated rings. The van der Waals surface area contributed by atoms with E-state index in [2.05, 4.69) is 5.32 Å². The van der Waals surface area contributed by atoms with Crippen LogP contribution in [0.15, 0.2) is 23.1 Å². The first kappa shape index (κ1) is 19.1. The van der Waals surface area contributed by atoms with Crippen LogP contribution in [0.5, 0.6) is 0 Å². The Morgan fingerprint density at radius 1 is 1.32 bits per heavy atom. The molecule has 0 spiro atoms. The molecule has 1 N–H and O–H groups in total. The molecule has 1 rings (SSSR count). The van der Waals surface area contributed by atoms with E-state index in [1.165, 1.54) is 11.8 Å². The molecule has 0 saturated heterocycles. The number of benzene rings is 1. The number of carbonyl (C=O) groups excluding carboxylic acids is 2. The van der Waals surface area contributed by atoms with Gasteiger partial charge in [0.15, 0.2) is 6.61 Å². The summed E-state index contributed by atoms with van der Waals surface area (Å²) in [6, 6.07) is 5.02. The molecule has 0 aliphatic rings. The van der Waals surface area contributed by atoms with E-state index in [1.54, 1.807) is 18.2 Å². The third-order valence-corrected chi connectivity index (χ3v) is 4.67. The van der Waals surface area contributed by atoms with Crippen LogP contribution >= 0.6 is 35.0 Å². The van der Waals surface area contributed by atoms with Crippen molar-refractivity contribution in [2.24, 2.45) is 0 Å². The van der Waals surface area contributed by atoms with E-state index in [4.69, 9.17) is 27.9 Å². The Kier molecular flexibility index (Phi) is 7.53. The Morgan fingerprint density at radius 2 is 2.00 bits per heavy atom. The number of hydrogen-bond acceptors (Lipinski definition) is 4. The third-order valence-electron chi connectivity index (χ3n) is 2.96. The van der Waals surface area contributed by atoms with Crippen molar-refractivity contribution < 1.29 is 14.3 Å². The average molecular weight is 364 g/mol. The lowest BCUT2D eigenvalue weighted by Crippen LogP contribution is -2.44. The number of hydrogen-bond donors (Lipinski definition) is 1. The van der Waals surface area contributed by atoms with E-state index in [9.17, 15) is 9.59 Å². The van der Waals surface area contributed by atoms with Crippen molar-refractivity contribution in [2.45, 2.75) is 37.6 Å². The van der Waals surface area contributed by atoms with E-state index in [0.29, 0.717) is 14.9 Å². The maximum absolute atomic E-state index is 11.7. The summed E-state index contributed by atoms with van der Waals surface area (Å²) in [4.78, 5) is 24.0. The highest BCUT2D eigenvalue weighted by Gasteiger charge is 2.18. The second-order valence-electron chi connectivity index (χ2n) is 5.31. The van der Waals surface area contributed by atoms with Crippen LogP contribution in [-0.4, -0.2) is 29.8 Å².